The highest BCUT2D eigenvalue weighted by Gasteiger charge is 2.22. The largest absolute Gasteiger partial charge is 0.354 e. The highest BCUT2D eigenvalue weighted by atomic mass is 32.2. The van der Waals surface area contributed by atoms with Crippen molar-refractivity contribution in [2.75, 3.05) is 31.1 Å². The van der Waals surface area contributed by atoms with Gasteiger partial charge in [-0.15, -0.1) is 5.10 Å². The van der Waals surface area contributed by atoms with Crippen molar-refractivity contribution in [3.8, 4) is 0 Å². The van der Waals surface area contributed by atoms with Crippen LogP contribution in [0.5, 0.6) is 0 Å². The zero-order valence-corrected chi connectivity index (χ0v) is 10.2. The van der Waals surface area contributed by atoms with Crippen LogP contribution in [0.4, 0.5) is 5.82 Å². The predicted octanol–water partition coefficient (Wildman–Crippen LogP) is -0.808. The first-order chi connectivity index (χ1) is 8.07. The van der Waals surface area contributed by atoms with Gasteiger partial charge in [-0.05, 0) is 18.6 Å². The molecule has 1 saturated heterocycles. The maximum Gasteiger partial charge on any atom is 0.276 e. The van der Waals surface area contributed by atoms with E-state index in [-0.39, 0.29) is 0 Å². The number of hydrogen-bond donors (Lipinski definition) is 1. The molecule has 17 heavy (non-hydrogen) atoms. The molecule has 0 aliphatic carbocycles. The summed E-state index contributed by atoms with van der Waals surface area (Å²) in [5.41, 5.74) is 0. The maximum atomic E-state index is 11.2. The fraction of sp³-hybridized carbons (Fsp3) is 0.556. The minimum absolute atomic E-state index is 0.384. The highest BCUT2D eigenvalue weighted by molar-refractivity contribution is 7.86. The molecule has 0 unspecified atom stereocenters. The molecule has 0 spiro atoms. The van der Waals surface area contributed by atoms with Crippen molar-refractivity contribution < 1.29 is 8.42 Å². The third-order valence-corrected chi connectivity index (χ3v) is 3.78. The fourth-order valence-corrected chi connectivity index (χ4v) is 2.56. The number of aromatic nitrogens is 2. The second-order valence-electron chi connectivity index (χ2n) is 3.87. The van der Waals surface area contributed by atoms with Crippen LogP contribution in [0, 0.1) is 0 Å². The molecule has 1 aliphatic heterocycles. The van der Waals surface area contributed by atoms with Crippen LogP contribution < -0.4 is 10.0 Å². The highest BCUT2D eigenvalue weighted by Crippen LogP contribution is 2.12. The molecule has 0 atom stereocenters. The normalized spacial score (nSPS) is 19.0. The molecule has 7 nitrogen and oxygen atoms in total. The molecule has 2 N–H and O–H groups in total. The van der Waals surface area contributed by atoms with Crippen molar-refractivity contribution in [2.45, 2.75) is 6.42 Å². The van der Waals surface area contributed by atoms with Crippen LogP contribution in [0.15, 0.2) is 18.3 Å². The summed E-state index contributed by atoms with van der Waals surface area (Å²) in [7, 11) is -3.58. The molecule has 1 aliphatic rings. The Morgan fingerprint density at radius 1 is 1.24 bits per heavy atom. The molecule has 1 aromatic rings. The fourth-order valence-electron chi connectivity index (χ4n) is 1.84. The van der Waals surface area contributed by atoms with Gasteiger partial charge in [0.15, 0.2) is 5.82 Å². The SMILES string of the molecule is NS(=O)(=O)N1CCCN(c2cccnn2)CC1. The van der Waals surface area contributed by atoms with Gasteiger partial charge in [-0.3, -0.25) is 0 Å². The van der Waals surface area contributed by atoms with Crippen LogP contribution in [0.3, 0.4) is 0 Å². The van der Waals surface area contributed by atoms with Crippen molar-refractivity contribution in [3.63, 3.8) is 0 Å². The van der Waals surface area contributed by atoms with Gasteiger partial charge in [0.2, 0.25) is 0 Å². The Kier molecular flexibility index (Phi) is 3.55. The van der Waals surface area contributed by atoms with Gasteiger partial charge in [-0.2, -0.15) is 17.8 Å². The molecule has 0 aromatic carbocycles. The molecular formula is C9H15N5O2S. The smallest absolute Gasteiger partial charge is 0.276 e. The Balaban J connectivity index is 2.06. The van der Waals surface area contributed by atoms with E-state index < -0.39 is 10.2 Å². The van der Waals surface area contributed by atoms with Crippen LogP contribution >= 0.6 is 0 Å². The first-order valence-electron chi connectivity index (χ1n) is 5.38. The van der Waals surface area contributed by atoms with Crippen molar-refractivity contribution in [3.05, 3.63) is 18.3 Å². The predicted molar refractivity (Wildman–Crippen MR) is 63.5 cm³/mol. The minimum Gasteiger partial charge on any atom is -0.354 e. The zero-order valence-electron chi connectivity index (χ0n) is 9.36. The number of anilines is 1. The lowest BCUT2D eigenvalue weighted by molar-refractivity contribution is 0.434. The van der Waals surface area contributed by atoms with E-state index in [1.807, 2.05) is 17.0 Å². The molecule has 1 aromatic heterocycles. The molecule has 1 fully saturated rings. The summed E-state index contributed by atoms with van der Waals surface area (Å²) in [6.07, 6.45) is 2.34. The summed E-state index contributed by atoms with van der Waals surface area (Å²) in [5.74, 6) is 0.767. The van der Waals surface area contributed by atoms with Gasteiger partial charge in [0, 0.05) is 32.4 Å². The van der Waals surface area contributed by atoms with Crippen LogP contribution in [0.25, 0.3) is 0 Å². The average Bonchev–Trinajstić information content (AvgIpc) is 2.55. The molecule has 0 bridgehead atoms. The van der Waals surface area contributed by atoms with Crippen LogP contribution in [0.2, 0.25) is 0 Å². The van der Waals surface area contributed by atoms with E-state index in [0.29, 0.717) is 19.6 Å². The quantitative estimate of drug-likeness (QED) is 0.748. The van der Waals surface area contributed by atoms with E-state index in [4.69, 9.17) is 5.14 Å². The second-order valence-corrected chi connectivity index (χ2v) is 5.41. The molecule has 2 rings (SSSR count). The molecular weight excluding hydrogens is 242 g/mol. The zero-order chi connectivity index (χ0) is 12.3. The number of hydrogen-bond acceptors (Lipinski definition) is 5. The molecule has 8 heteroatoms. The lowest BCUT2D eigenvalue weighted by atomic mass is 10.4. The number of nitrogens with zero attached hydrogens (tertiary/aromatic N) is 4. The van der Waals surface area contributed by atoms with Gasteiger partial charge >= 0.3 is 0 Å². The lowest BCUT2D eigenvalue weighted by Gasteiger charge is -2.20. The van der Waals surface area contributed by atoms with Gasteiger partial charge in [-0.1, -0.05) is 0 Å². The maximum absolute atomic E-state index is 11.2. The van der Waals surface area contributed by atoms with Crippen molar-refractivity contribution in [2.24, 2.45) is 5.14 Å². The minimum atomic E-state index is -3.58. The molecule has 94 valence electrons. The summed E-state index contributed by atoms with van der Waals surface area (Å²) >= 11 is 0. The Hall–Kier alpha value is -1.25. The number of rotatable bonds is 2. The molecule has 0 amide bonds. The van der Waals surface area contributed by atoms with E-state index >= 15 is 0 Å². The van der Waals surface area contributed by atoms with Crippen LogP contribution in [0.1, 0.15) is 6.42 Å². The summed E-state index contributed by atoms with van der Waals surface area (Å²) in [4.78, 5) is 2.01. The van der Waals surface area contributed by atoms with Gasteiger partial charge in [-0.25, -0.2) is 5.14 Å². The first kappa shape index (κ1) is 12.2. The van der Waals surface area contributed by atoms with Crippen LogP contribution in [-0.2, 0) is 10.2 Å². The third-order valence-electron chi connectivity index (χ3n) is 2.70. The number of nitrogens with two attached hydrogens (primary N) is 1. The lowest BCUT2D eigenvalue weighted by Crippen LogP contribution is -2.39. The monoisotopic (exact) mass is 257 g/mol. The van der Waals surface area contributed by atoms with Crippen LogP contribution in [-0.4, -0.2) is 49.1 Å². The molecule has 0 saturated carbocycles. The Labute approximate surface area is 100 Å². The second kappa shape index (κ2) is 4.94. The Bertz CT molecular complexity index is 464. The van der Waals surface area contributed by atoms with Gasteiger partial charge in [0.1, 0.15) is 0 Å². The Morgan fingerprint density at radius 3 is 2.71 bits per heavy atom. The van der Waals surface area contributed by atoms with Crippen molar-refractivity contribution >= 4 is 16.0 Å². The Morgan fingerprint density at radius 2 is 2.06 bits per heavy atom. The summed E-state index contributed by atoms with van der Waals surface area (Å²) < 4.78 is 23.8. The van der Waals surface area contributed by atoms with Crippen molar-refractivity contribution in [1.82, 2.24) is 14.5 Å². The summed E-state index contributed by atoms with van der Waals surface area (Å²) in [6.45, 7) is 2.17. The van der Waals surface area contributed by atoms with Gasteiger partial charge < -0.3 is 4.90 Å². The van der Waals surface area contributed by atoms with Gasteiger partial charge in [0.25, 0.3) is 10.2 Å². The third kappa shape index (κ3) is 3.11. The standard InChI is InChI=1S/C9H15N5O2S/c10-17(15,16)14-6-2-5-13(7-8-14)9-3-1-4-11-12-9/h1,3-4H,2,5-8H2,(H2,10,15,16). The van der Waals surface area contributed by atoms with Gasteiger partial charge in [0.05, 0.1) is 0 Å². The van der Waals surface area contributed by atoms with E-state index in [2.05, 4.69) is 10.2 Å². The average molecular weight is 257 g/mol. The summed E-state index contributed by atoms with van der Waals surface area (Å²) in [5, 5.41) is 12.9. The van der Waals surface area contributed by atoms with E-state index in [9.17, 15) is 8.42 Å². The first-order valence-corrected chi connectivity index (χ1v) is 6.88. The van der Waals surface area contributed by atoms with E-state index in [1.54, 1.807) is 6.20 Å². The summed E-state index contributed by atoms with van der Waals surface area (Å²) in [6, 6.07) is 3.67. The van der Waals surface area contributed by atoms with Crippen molar-refractivity contribution in [1.29, 1.82) is 0 Å². The van der Waals surface area contributed by atoms with E-state index in [1.165, 1.54) is 4.31 Å². The van der Waals surface area contributed by atoms with E-state index in [0.717, 1.165) is 18.8 Å². The topological polar surface area (TPSA) is 92.4 Å². The molecule has 0 radical (unpaired) electrons. The molecule has 2 heterocycles.